The molecule has 104 valence electrons. The molecule has 0 saturated heterocycles. The fraction of sp³-hybridized carbons (Fsp3) is 0.471. The van der Waals surface area contributed by atoms with Gasteiger partial charge in [0.25, 0.3) is 0 Å². The van der Waals surface area contributed by atoms with Gasteiger partial charge in [0.15, 0.2) is 5.75 Å². The molecular formula is C17H20N2O. The van der Waals surface area contributed by atoms with Crippen molar-refractivity contribution in [2.75, 3.05) is 6.73 Å². The van der Waals surface area contributed by atoms with Gasteiger partial charge in [0, 0.05) is 29.7 Å². The second-order valence-corrected chi connectivity index (χ2v) is 5.94. The van der Waals surface area contributed by atoms with Crippen LogP contribution in [0.4, 0.5) is 0 Å². The van der Waals surface area contributed by atoms with Crippen LogP contribution in [0.2, 0.25) is 0 Å². The van der Waals surface area contributed by atoms with Crippen LogP contribution in [0.15, 0.2) is 30.5 Å². The Labute approximate surface area is 119 Å². The average molecular weight is 268 g/mol. The van der Waals surface area contributed by atoms with Gasteiger partial charge in [-0.15, -0.1) is 0 Å². The Morgan fingerprint density at radius 3 is 2.90 bits per heavy atom. The number of ether oxygens (including phenoxy) is 1. The molecule has 0 amide bonds. The highest BCUT2D eigenvalue weighted by Crippen LogP contribution is 2.34. The van der Waals surface area contributed by atoms with Crippen LogP contribution in [-0.4, -0.2) is 22.7 Å². The van der Waals surface area contributed by atoms with Gasteiger partial charge in [-0.3, -0.25) is 9.88 Å². The number of benzene rings is 1. The van der Waals surface area contributed by atoms with E-state index in [0.717, 1.165) is 23.2 Å². The second-order valence-electron chi connectivity index (χ2n) is 5.94. The molecule has 2 aliphatic rings. The molecule has 0 atom stereocenters. The summed E-state index contributed by atoms with van der Waals surface area (Å²) in [7, 11) is 0. The zero-order chi connectivity index (χ0) is 13.4. The summed E-state index contributed by atoms with van der Waals surface area (Å²) in [6.07, 6.45) is 8.63. The zero-order valence-electron chi connectivity index (χ0n) is 11.7. The number of pyridine rings is 1. The Hall–Kier alpha value is -1.61. The SMILES string of the molecule is c1cnc2c3c(ccc2c1)CN(C1CCCCC1)CO3. The van der Waals surface area contributed by atoms with Gasteiger partial charge in [-0.05, 0) is 18.9 Å². The highest BCUT2D eigenvalue weighted by atomic mass is 16.5. The van der Waals surface area contributed by atoms with E-state index in [1.807, 2.05) is 12.3 Å². The van der Waals surface area contributed by atoms with Crippen LogP contribution in [-0.2, 0) is 6.54 Å². The zero-order valence-corrected chi connectivity index (χ0v) is 11.7. The van der Waals surface area contributed by atoms with Crippen molar-refractivity contribution in [1.82, 2.24) is 9.88 Å². The first-order valence-electron chi connectivity index (χ1n) is 7.65. The molecule has 20 heavy (non-hydrogen) atoms. The lowest BCUT2D eigenvalue weighted by Gasteiger charge is -2.37. The van der Waals surface area contributed by atoms with Crippen molar-refractivity contribution in [2.24, 2.45) is 0 Å². The van der Waals surface area contributed by atoms with Crippen LogP contribution in [0.1, 0.15) is 37.7 Å². The normalized spacial score (nSPS) is 20.6. The van der Waals surface area contributed by atoms with Gasteiger partial charge in [-0.1, -0.05) is 37.5 Å². The van der Waals surface area contributed by atoms with Crippen molar-refractivity contribution in [2.45, 2.75) is 44.7 Å². The van der Waals surface area contributed by atoms with Crippen LogP contribution in [0.5, 0.6) is 5.75 Å². The molecule has 0 spiro atoms. The molecule has 1 aromatic carbocycles. The van der Waals surface area contributed by atoms with E-state index in [0.29, 0.717) is 12.8 Å². The molecule has 2 heterocycles. The smallest absolute Gasteiger partial charge is 0.152 e. The lowest BCUT2D eigenvalue weighted by atomic mass is 9.94. The van der Waals surface area contributed by atoms with E-state index in [1.165, 1.54) is 37.7 Å². The topological polar surface area (TPSA) is 25.4 Å². The predicted octanol–water partition coefficient (Wildman–Crippen LogP) is 3.72. The van der Waals surface area contributed by atoms with Crippen molar-refractivity contribution in [3.8, 4) is 5.75 Å². The number of hydrogen-bond acceptors (Lipinski definition) is 3. The van der Waals surface area contributed by atoms with Gasteiger partial charge in [0.05, 0.1) is 0 Å². The maximum absolute atomic E-state index is 6.07. The number of fused-ring (bicyclic) bond motifs is 3. The van der Waals surface area contributed by atoms with Gasteiger partial charge in [-0.2, -0.15) is 0 Å². The van der Waals surface area contributed by atoms with Crippen LogP contribution < -0.4 is 4.74 Å². The Bertz CT molecular complexity index is 619. The Balaban J connectivity index is 1.64. The quantitative estimate of drug-likeness (QED) is 0.788. The number of rotatable bonds is 1. The predicted molar refractivity (Wildman–Crippen MR) is 79.7 cm³/mol. The van der Waals surface area contributed by atoms with Crippen LogP contribution in [0.3, 0.4) is 0 Å². The summed E-state index contributed by atoms with van der Waals surface area (Å²) in [6, 6.07) is 9.14. The highest BCUT2D eigenvalue weighted by molar-refractivity contribution is 5.85. The molecule has 2 aromatic rings. The van der Waals surface area contributed by atoms with Crippen molar-refractivity contribution in [3.05, 3.63) is 36.0 Å². The summed E-state index contributed by atoms with van der Waals surface area (Å²) in [4.78, 5) is 6.98. The van der Waals surface area contributed by atoms with Gasteiger partial charge in [0.2, 0.25) is 0 Å². The first-order valence-corrected chi connectivity index (χ1v) is 7.65. The lowest BCUT2D eigenvalue weighted by molar-refractivity contribution is 0.0413. The van der Waals surface area contributed by atoms with E-state index in [1.54, 1.807) is 0 Å². The molecule has 3 heteroatoms. The molecule has 4 rings (SSSR count). The number of hydrogen-bond donors (Lipinski definition) is 0. The minimum Gasteiger partial charge on any atom is -0.475 e. The van der Waals surface area contributed by atoms with E-state index in [-0.39, 0.29) is 0 Å². The Morgan fingerprint density at radius 2 is 2.00 bits per heavy atom. The fourth-order valence-electron chi connectivity index (χ4n) is 3.54. The Kier molecular flexibility index (Phi) is 3.07. The van der Waals surface area contributed by atoms with Crippen molar-refractivity contribution < 1.29 is 4.74 Å². The van der Waals surface area contributed by atoms with Gasteiger partial charge >= 0.3 is 0 Å². The molecule has 0 radical (unpaired) electrons. The lowest BCUT2D eigenvalue weighted by Crippen LogP contribution is -2.41. The third kappa shape index (κ3) is 2.06. The van der Waals surface area contributed by atoms with Gasteiger partial charge < -0.3 is 4.74 Å². The molecule has 0 N–H and O–H groups in total. The molecule has 0 unspecified atom stereocenters. The molecule has 0 bridgehead atoms. The van der Waals surface area contributed by atoms with Gasteiger partial charge in [-0.25, -0.2) is 0 Å². The average Bonchev–Trinajstić information content (AvgIpc) is 2.55. The van der Waals surface area contributed by atoms with Crippen LogP contribution >= 0.6 is 0 Å². The highest BCUT2D eigenvalue weighted by Gasteiger charge is 2.26. The van der Waals surface area contributed by atoms with E-state index in [2.05, 4.69) is 28.1 Å². The minimum atomic E-state index is 0.705. The standard InChI is InChI=1S/C17H20N2O/c1-2-6-15(7-3-1)19-11-14-9-8-13-5-4-10-18-16(13)17(14)20-12-19/h4-5,8-10,15H,1-3,6-7,11-12H2. The van der Waals surface area contributed by atoms with Crippen molar-refractivity contribution >= 4 is 10.9 Å². The molecule has 1 fully saturated rings. The maximum atomic E-state index is 6.07. The molecule has 1 aliphatic carbocycles. The van der Waals surface area contributed by atoms with Crippen LogP contribution in [0.25, 0.3) is 10.9 Å². The summed E-state index contributed by atoms with van der Waals surface area (Å²) in [5.74, 6) is 0.996. The minimum absolute atomic E-state index is 0.705. The summed E-state index contributed by atoms with van der Waals surface area (Å²) in [5, 5.41) is 1.16. The molecule has 1 saturated carbocycles. The summed E-state index contributed by atoms with van der Waals surface area (Å²) < 4.78 is 6.07. The summed E-state index contributed by atoms with van der Waals surface area (Å²) >= 11 is 0. The monoisotopic (exact) mass is 268 g/mol. The largest absolute Gasteiger partial charge is 0.475 e. The number of nitrogens with zero attached hydrogens (tertiary/aromatic N) is 2. The Morgan fingerprint density at radius 1 is 1.10 bits per heavy atom. The van der Waals surface area contributed by atoms with E-state index < -0.39 is 0 Å². The van der Waals surface area contributed by atoms with E-state index in [4.69, 9.17) is 4.74 Å². The summed E-state index contributed by atoms with van der Waals surface area (Å²) in [5.41, 5.74) is 2.29. The van der Waals surface area contributed by atoms with Gasteiger partial charge in [0.1, 0.15) is 12.2 Å². The second kappa shape index (κ2) is 5.06. The maximum Gasteiger partial charge on any atom is 0.152 e. The molecule has 1 aromatic heterocycles. The van der Waals surface area contributed by atoms with E-state index in [9.17, 15) is 0 Å². The van der Waals surface area contributed by atoms with Crippen molar-refractivity contribution in [3.63, 3.8) is 0 Å². The first kappa shape index (κ1) is 12.2. The van der Waals surface area contributed by atoms with E-state index >= 15 is 0 Å². The number of aromatic nitrogens is 1. The third-order valence-electron chi connectivity index (χ3n) is 4.65. The first-order chi connectivity index (χ1) is 9.92. The molecular weight excluding hydrogens is 248 g/mol. The van der Waals surface area contributed by atoms with Crippen LogP contribution in [0, 0.1) is 0 Å². The molecule has 3 nitrogen and oxygen atoms in total. The summed E-state index contributed by atoms with van der Waals surface area (Å²) in [6.45, 7) is 1.72. The molecule has 1 aliphatic heterocycles. The fourth-order valence-corrected chi connectivity index (χ4v) is 3.54. The van der Waals surface area contributed by atoms with Crippen molar-refractivity contribution in [1.29, 1.82) is 0 Å². The third-order valence-corrected chi connectivity index (χ3v) is 4.65.